The third-order valence-electron chi connectivity index (χ3n) is 3.36. The fraction of sp³-hybridized carbons (Fsp3) is 0.562. The lowest BCUT2D eigenvalue weighted by atomic mass is 9.95. The maximum absolute atomic E-state index is 11.3. The lowest BCUT2D eigenvalue weighted by Crippen LogP contribution is -2.09. The van der Waals surface area contributed by atoms with Crippen LogP contribution >= 0.6 is 0 Å². The summed E-state index contributed by atoms with van der Waals surface area (Å²) in [6.07, 6.45) is 1.89. The second-order valence-corrected chi connectivity index (χ2v) is 5.37. The van der Waals surface area contributed by atoms with Crippen LogP contribution in [0.1, 0.15) is 62.4 Å². The molecule has 1 aromatic rings. The van der Waals surface area contributed by atoms with Gasteiger partial charge in [0.15, 0.2) is 0 Å². The van der Waals surface area contributed by atoms with Crippen LogP contribution in [0.4, 0.5) is 0 Å². The van der Waals surface area contributed by atoms with Gasteiger partial charge in [-0.25, -0.2) is 4.79 Å². The molecule has 0 aliphatic carbocycles. The number of hydrogen-bond donors (Lipinski definition) is 1. The van der Waals surface area contributed by atoms with Crippen molar-refractivity contribution in [3.05, 3.63) is 29.3 Å². The molecule has 0 amide bonds. The molecule has 1 unspecified atom stereocenters. The first-order chi connectivity index (χ1) is 8.97. The molecule has 1 atom stereocenters. The fourth-order valence-electron chi connectivity index (χ4n) is 1.89. The monoisotopic (exact) mass is 264 g/mol. The molecular formula is C16H24O3. The number of hydrogen-bond acceptors (Lipinski definition) is 2. The lowest BCUT2D eigenvalue weighted by Gasteiger charge is -2.18. The zero-order chi connectivity index (χ0) is 14.4. The highest BCUT2D eigenvalue weighted by molar-refractivity contribution is 5.91. The van der Waals surface area contributed by atoms with Gasteiger partial charge in [0.25, 0.3) is 0 Å². The van der Waals surface area contributed by atoms with Crippen LogP contribution < -0.4 is 4.74 Å². The predicted octanol–water partition coefficient (Wildman–Crippen LogP) is 4.32. The van der Waals surface area contributed by atoms with E-state index in [1.165, 1.54) is 0 Å². The first kappa shape index (κ1) is 15.5. The van der Waals surface area contributed by atoms with E-state index in [0.717, 1.165) is 18.4 Å². The smallest absolute Gasteiger partial charge is 0.339 e. The molecule has 0 aromatic heterocycles. The van der Waals surface area contributed by atoms with Crippen molar-refractivity contribution >= 4 is 5.97 Å². The highest BCUT2D eigenvalue weighted by atomic mass is 16.5. The van der Waals surface area contributed by atoms with E-state index in [0.29, 0.717) is 24.2 Å². The summed E-state index contributed by atoms with van der Waals surface area (Å²) >= 11 is 0. The van der Waals surface area contributed by atoms with Gasteiger partial charge in [-0.2, -0.15) is 0 Å². The Morgan fingerprint density at radius 1 is 1.32 bits per heavy atom. The van der Waals surface area contributed by atoms with E-state index in [9.17, 15) is 9.90 Å². The van der Waals surface area contributed by atoms with Crippen molar-refractivity contribution in [2.24, 2.45) is 5.92 Å². The number of ether oxygens (including phenoxy) is 1. The fourth-order valence-corrected chi connectivity index (χ4v) is 1.89. The molecule has 0 spiro atoms. The normalized spacial score (nSPS) is 12.5. The van der Waals surface area contributed by atoms with Crippen LogP contribution in [0, 0.1) is 5.92 Å². The van der Waals surface area contributed by atoms with E-state index in [-0.39, 0.29) is 5.56 Å². The summed E-state index contributed by atoms with van der Waals surface area (Å²) in [4.78, 5) is 11.3. The number of carboxylic acids is 1. The van der Waals surface area contributed by atoms with Gasteiger partial charge in [0.1, 0.15) is 11.3 Å². The van der Waals surface area contributed by atoms with Gasteiger partial charge >= 0.3 is 5.97 Å². The molecule has 0 aliphatic heterocycles. The van der Waals surface area contributed by atoms with Crippen LogP contribution in [0.3, 0.4) is 0 Å². The second-order valence-electron chi connectivity index (χ2n) is 5.37. The van der Waals surface area contributed by atoms with Crippen molar-refractivity contribution in [3.8, 4) is 5.75 Å². The van der Waals surface area contributed by atoms with Crippen molar-refractivity contribution < 1.29 is 14.6 Å². The Morgan fingerprint density at radius 2 is 2.00 bits per heavy atom. The molecule has 0 saturated carbocycles. The summed E-state index contributed by atoms with van der Waals surface area (Å²) in [5, 5.41) is 9.27. The molecular weight excluding hydrogens is 240 g/mol. The average molecular weight is 264 g/mol. The van der Waals surface area contributed by atoms with Gasteiger partial charge in [0, 0.05) is 0 Å². The highest BCUT2D eigenvalue weighted by Crippen LogP contribution is 2.32. The van der Waals surface area contributed by atoms with Gasteiger partial charge in [-0.1, -0.05) is 39.8 Å². The molecule has 19 heavy (non-hydrogen) atoms. The van der Waals surface area contributed by atoms with Gasteiger partial charge < -0.3 is 9.84 Å². The van der Waals surface area contributed by atoms with Gasteiger partial charge in [-0.15, -0.1) is 0 Å². The molecule has 106 valence electrons. The first-order valence-corrected chi connectivity index (χ1v) is 6.96. The van der Waals surface area contributed by atoms with Gasteiger partial charge in [-0.05, 0) is 36.3 Å². The molecule has 0 radical (unpaired) electrons. The minimum absolute atomic E-state index is 0.265. The molecule has 3 nitrogen and oxygen atoms in total. The van der Waals surface area contributed by atoms with Gasteiger partial charge in [0.05, 0.1) is 6.61 Å². The Balaban J connectivity index is 3.03. The van der Waals surface area contributed by atoms with E-state index < -0.39 is 5.97 Å². The quantitative estimate of drug-likeness (QED) is 0.797. The molecule has 0 fully saturated rings. The van der Waals surface area contributed by atoms with Crippen LogP contribution in [0.15, 0.2) is 18.2 Å². The molecule has 0 aliphatic rings. The largest absolute Gasteiger partial charge is 0.492 e. The Morgan fingerprint density at radius 3 is 2.53 bits per heavy atom. The van der Waals surface area contributed by atoms with Gasteiger partial charge in [0.2, 0.25) is 0 Å². The zero-order valence-corrected chi connectivity index (χ0v) is 12.3. The topological polar surface area (TPSA) is 46.5 Å². The Labute approximate surface area is 115 Å². The van der Waals surface area contributed by atoms with E-state index in [1.54, 1.807) is 12.1 Å². The average Bonchev–Trinajstić information content (AvgIpc) is 2.37. The van der Waals surface area contributed by atoms with Crippen LogP contribution in [-0.4, -0.2) is 17.7 Å². The van der Waals surface area contributed by atoms with Crippen molar-refractivity contribution in [1.29, 1.82) is 0 Å². The minimum Gasteiger partial charge on any atom is -0.492 e. The van der Waals surface area contributed by atoms with Crippen LogP contribution in [0.2, 0.25) is 0 Å². The first-order valence-electron chi connectivity index (χ1n) is 6.96. The molecule has 1 rings (SSSR count). The Kier molecular flexibility index (Phi) is 5.87. The van der Waals surface area contributed by atoms with Gasteiger partial charge in [-0.3, -0.25) is 0 Å². The number of rotatable bonds is 7. The summed E-state index contributed by atoms with van der Waals surface area (Å²) in [6, 6.07) is 5.37. The minimum atomic E-state index is -0.926. The summed E-state index contributed by atoms with van der Waals surface area (Å²) in [5.74, 6) is 0.465. The lowest BCUT2D eigenvalue weighted by molar-refractivity contribution is 0.0691. The summed E-state index contributed by atoms with van der Waals surface area (Å²) in [5.41, 5.74) is 1.26. The maximum Gasteiger partial charge on any atom is 0.339 e. The molecule has 3 heteroatoms. The highest BCUT2D eigenvalue weighted by Gasteiger charge is 2.18. The summed E-state index contributed by atoms with van der Waals surface area (Å²) < 4.78 is 5.78. The number of para-hydroxylation sites is 1. The van der Waals surface area contributed by atoms with Crippen LogP contribution in [0.5, 0.6) is 5.75 Å². The van der Waals surface area contributed by atoms with E-state index in [2.05, 4.69) is 27.7 Å². The van der Waals surface area contributed by atoms with Crippen molar-refractivity contribution in [2.75, 3.05) is 6.61 Å². The van der Waals surface area contributed by atoms with Crippen molar-refractivity contribution in [1.82, 2.24) is 0 Å². The molecule has 1 aromatic carbocycles. The van der Waals surface area contributed by atoms with Crippen molar-refractivity contribution in [3.63, 3.8) is 0 Å². The predicted molar refractivity (Wildman–Crippen MR) is 77.1 cm³/mol. The van der Waals surface area contributed by atoms with Crippen LogP contribution in [-0.2, 0) is 0 Å². The molecule has 0 saturated heterocycles. The summed E-state index contributed by atoms with van der Waals surface area (Å²) in [6.45, 7) is 9.00. The molecule has 1 N–H and O–H groups in total. The summed E-state index contributed by atoms with van der Waals surface area (Å²) in [7, 11) is 0. The third kappa shape index (κ3) is 4.27. The SMILES string of the molecule is CCC(C)c1cccc(C(=O)O)c1OCCC(C)C. The second kappa shape index (κ2) is 7.17. The molecule has 0 bridgehead atoms. The van der Waals surface area contributed by atoms with E-state index >= 15 is 0 Å². The number of benzene rings is 1. The molecule has 0 heterocycles. The number of carboxylic acid groups (broad SMARTS) is 1. The maximum atomic E-state index is 11.3. The third-order valence-corrected chi connectivity index (χ3v) is 3.36. The standard InChI is InChI=1S/C16H24O3/c1-5-12(4)13-7-6-8-14(16(17)18)15(13)19-10-9-11(2)3/h6-8,11-12H,5,9-10H2,1-4H3,(H,17,18). The van der Waals surface area contributed by atoms with Crippen molar-refractivity contribution in [2.45, 2.75) is 46.5 Å². The zero-order valence-electron chi connectivity index (χ0n) is 12.3. The number of carbonyl (C=O) groups is 1. The Hall–Kier alpha value is -1.51. The number of aromatic carboxylic acids is 1. The van der Waals surface area contributed by atoms with E-state index in [4.69, 9.17) is 4.74 Å². The van der Waals surface area contributed by atoms with E-state index in [1.807, 2.05) is 6.07 Å². The van der Waals surface area contributed by atoms with Crippen LogP contribution in [0.25, 0.3) is 0 Å². The Bertz CT molecular complexity index is 424.